The Kier molecular flexibility index (Phi) is 5.38. The van der Waals surface area contributed by atoms with Crippen molar-refractivity contribution in [1.29, 1.82) is 0 Å². The molecule has 1 aromatic carbocycles. The topological polar surface area (TPSA) is 65.7 Å². The van der Waals surface area contributed by atoms with Crippen molar-refractivity contribution < 1.29 is 18.7 Å². The first-order chi connectivity index (χ1) is 12.0. The summed E-state index contributed by atoms with van der Waals surface area (Å²) >= 11 is 0. The van der Waals surface area contributed by atoms with Crippen molar-refractivity contribution in [3.63, 3.8) is 0 Å². The first kappa shape index (κ1) is 17.5. The van der Waals surface area contributed by atoms with E-state index < -0.39 is 6.10 Å². The Morgan fingerprint density at radius 1 is 1.48 bits per heavy atom. The number of carbonyl (C=O) groups excluding carboxylic acids is 1. The molecule has 2 unspecified atom stereocenters. The van der Waals surface area contributed by atoms with Crippen molar-refractivity contribution in [3.8, 4) is 0 Å². The van der Waals surface area contributed by atoms with Gasteiger partial charge in [-0.05, 0) is 49.1 Å². The molecule has 1 fully saturated rings. The molecule has 1 saturated heterocycles. The van der Waals surface area contributed by atoms with Gasteiger partial charge in [0, 0.05) is 25.6 Å². The second-order valence-corrected chi connectivity index (χ2v) is 6.50. The lowest BCUT2D eigenvalue weighted by Gasteiger charge is -2.26. The SMILES string of the molecule is Cc1ccc(CNC(=O)N2CCCC2CC(O)c2ccco2)cc1F. The van der Waals surface area contributed by atoms with Crippen LogP contribution in [0.4, 0.5) is 9.18 Å². The molecule has 2 heterocycles. The van der Waals surface area contributed by atoms with Crippen molar-refractivity contribution in [1.82, 2.24) is 10.2 Å². The van der Waals surface area contributed by atoms with E-state index in [9.17, 15) is 14.3 Å². The summed E-state index contributed by atoms with van der Waals surface area (Å²) in [5.41, 5.74) is 1.31. The van der Waals surface area contributed by atoms with Crippen LogP contribution in [0.2, 0.25) is 0 Å². The van der Waals surface area contributed by atoms with Crippen LogP contribution in [0.25, 0.3) is 0 Å². The van der Waals surface area contributed by atoms with Crippen LogP contribution in [-0.2, 0) is 6.54 Å². The molecule has 134 valence electrons. The fourth-order valence-electron chi connectivity index (χ4n) is 3.23. The van der Waals surface area contributed by atoms with E-state index in [-0.39, 0.29) is 24.4 Å². The van der Waals surface area contributed by atoms with Crippen molar-refractivity contribution in [3.05, 3.63) is 59.3 Å². The molecule has 5 nitrogen and oxygen atoms in total. The monoisotopic (exact) mass is 346 g/mol. The van der Waals surface area contributed by atoms with E-state index in [2.05, 4.69) is 5.32 Å². The maximum Gasteiger partial charge on any atom is 0.317 e. The molecule has 3 rings (SSSR count). The van der Waals surface area contributed by atoms with E-state index in [1.54, 1.807) is 36.1 Å². The highest BCUT2D eigenvalue weighted by Crippen LogP contribution is 2.27. The van der Waals surface area contributed by atoms with E-state index in [0.717, 1.165) is 18.4 Å². The lowest BCUT2D eigenvalue weighted by molar-refractivity contribution is 0.108. The molecule has 2 amide bonds. The molecule has 1 aliphatic heterocycles. The minimum absolute atomic E-state index is 0.0325. The minimum Gasteiger partial charge on any atom is -0.467 e. The van der Waals surface area contributed by atoms with Gasteiger partial charge in [-0.2, -0.15) is 0 Å². The molecular formula is C19H23FN2O3. The lowest BCUT2D eigenvalue weighted by Crippen LogP contribution is -2.43. The molecule has 0 spiro atoms. The van der Waals surface area contributed by atoms with Gasteiger partial charge in [0.1, 0.15) is 17.7 Å². The van der Waals surface area contributed by atoms with Crippen LogP contribution in [0.3, 0.4) is 0 Å². The number of urea groups is 1. The zero-order chi connectivity index (χ0) is 17.8. The van der Waals surface area contributed by atoms with E-state index in [0.29, 0.717) is 24.3 Å². The Labute approximate surface area is 146 Å². The third kappa shape index (κ3) is 4.20. The predicted octanol–water partition coefficient (Wildman–Crippen LogP) is 3.52. The lowest BCUT2D eigenvalue weighted by atomic mass is 10.1. The Balaban J connectivity index is 1.56. The van der Waals surface area contributed by atoms with E-state index in [4.69, 9.17) is 4.42 Å². The van der Waals surface area contributed by atoms with E-state index in [1.165, 1.54) is 12.3 Å². The Morgan fingerprint density at radius 2 is 2.32 bits per heavy atom. The van der Waals surface area contributed by atoms with E-state index >= 15 is 0 Å². The van der Waals surface area contributed by atoms with Gasteiger partial charge >= 0.3 is 6.03 Å². The third-order valence-electron chi connectivity index (χ3n) is 4.68. The summed E-state index contributed by atoms with van der Waals surface area (Å²) in [6, 6.07) is 8.20. The molecule has 0 aliphatic carbocycles. The molecule has 0 bridgehead atoms. The van der Waals surface area contributed by atoms with Gasteiger partial charge < -0.3 is 19.7 Å². The van der Waals surface area contributed by atoms with Gasteiger partial charge in [-0.1, -0.05) is 12.1 Å². The van der Waals surface area contributed by atoms with Gasteiger partial charge in [-0.3, -0.25) is 0 Å². The molecule has 1 aromatic heterocycles. The molecular weight excluding hydrogens is 323 g/mol. The number of likely N-dealkylation sites (tertiary alicyclic amines) is 1. The average Bonchev–Trinajstić information content (AvgIpc) is 3.27. The fourth-order valence-corrected chi connectivity index (χ4v) is 3.23. The zero-order valence-electron chi connectivity index (χ0n) is 14.2. The first-order valence-corrected chi connectivity index (χ1v) is 8.55. The maximum absolute atomic E-state index is 13.6. The summed E-state index contributed by atoms with van der Waals surface area (Å²) in [6.45, 7) is 2.64. The highest BCUT2D eigenvalue weighted by Gasteiger charge is 2.31. The number of nitrogens with zero attached hydrogens (tertiary/aromatic N) is 1. The van der Waals surface area contributed by atoms with Crippen LogP contribution in [0.15, 0.2) is 41.0 Å². The predicted molar refractivity (Wildman–Crippen MR) is 91.4 cm³/mol. The van der Waals surface area contributed by atoms with E-state index in [1.807, 2.05) is 0 Å². The molecule has 0 radical (unpaired) electrons. The molecule has 2 aromatic rings. The summed E-state index contributed by atoms with van der Waals surface area (Å²) in [6.07, 6.45) is 3.00. The summed E-state index contributed by atoms with van der Waals surface area (Å²) in [5.74, 6) is 0.245. The van der Waals surface area contributed by atoms with Crippen LogP contribution < -0.4 is 5.32 Å². The molecule has 0 saturated carbocycles. The van der Waals surface area contributed by atoms with Crippen molar-refractivity contribution >= 4 is 6.03 Å². The number of amides is 2. The number of aliphatic hydroxyl groups is 1. The number of furan rings is 1. The average molecular weight is 346 g/mol. The fraction of sp³-hybridized carbons (Fsp3) is 0.421. The summed E-state index contributed by atoms with van der Waals surface area (Å²) in [5, 5.41) is 13.1. The second kappa shape index (κ2) is 7.70. The number of aliphatic hydroxyl groups excluding tert-OH is 1. The number of nitrogens with one attached hydrogen (secondary N) is 1. The summed E-state index contributed by atoms with van der Waals surface area (Å²) < 4.78 is 18.8. The summed E-state index contributed by atoms with van der Waals surface area (Å²) in [4.78, 5) is 14.2. The number of benzene rings is 1. The standard InChI is InChI=1S/C19H23FN2O3/c1-13-6-7-14(10-16(13)20)12-21-19(24)22-8-2-4-15(22)11-17(23)18-5-3-9-25-18/h3,5-7,9-10,15,17,23H,2,4,8,11-12H2,1H3,(H,21,24). The molecule has 1 aliphatic rings. The highest BCUT2D eigenvalue weighted by atomic mass is 19.1. The van der Waals surface area contributed by atoms with Gasteiger partial charge in [0.15, 0.2) is 0 Å². The van der Waals surface area contributed by atoms with Gasteiger partial charge in [0.2, 0.25) is 0 Å². The molecule has 25 heavy (non-hydrogen) atoms. The van der Waals surface area contributed by atoms with Gasteiger partial charge in [0.05, 0.1) is 6.26 Å². The maximum atomic E-state index is 13.6. The Bertz CT molecular complexity index is 717. The number of carbonyl (C=O) groups is 1. The normalized spacial score (nSPS) is 18.4. The van der Waals surface area contributed by atoms with Crippen molar-refractivity contribution in [2.24, 2.45) is 0 Å². The van der Waals surface area contributed by atoms with Crippen LogP contribution in [0, 0.1) is 12.7 Å². The molecule has 2 N–H and O–H groups in total. The highest BCUT2D eigenvalue weighted by molar-refractivity contribution is 5.74. The van der Waals surface area contributed by atoms with Crippen LogP contribution in [0.5, 0.6) is 0 Å². The van der Waals surface area contributed by atoms with Crippen LogP contribution in [-0.4, -0.2) is 28.6 Å². The van der Waals surface area contributed by atoms with Crippen molar-refractivity contribution in [2.45, 2.75) is 44.9 Å². The number of aryl methyl sites for hydroxylation is 1. The first-order valence-electron chi connectivity index (χ1n) is 8.55. The number of rotatable bonds is 5. The Morgan fingerprint density at radius 3 is 3.04 bits per heavy atom. The number of halogens is 1. The quantitative estimate of drug-likeness (QED) is 0.870. The smallest absolute Gasteiger partial charge is 0.317 e. The Hall–Kier alpha value is -2.34. The number of hydrogen-bond donors (Lipinski definition) is 2. The molecule has 6 heteroatoms. The number of hydrogen-bond acceptors (Lipinski definition) is 3. The largest absolute Gasteiger partial charge is 0.467 e. The van der Waals surface area contributed by atoms with Crippen molar-refractivity contribution in [2.75, 3.05) is 6.54 Å². The third-order valence-corrected chi connectivity index (χ3v) is 4.68. The van der Waals surface area contributed by atoms with Gasteiger partial charge in [-0.15, -0.1) is 0 Å². The second-order valence-electron chi connectivity index (χ2n) is 6.50. The zero-order valence-corrected chi connectivity index (χ0v) is 14.2. The van der Waals surface area contributed by atoms with Gasteiger partial charge in [0.25, 0.3) is 0 Å². The van der Waals surface area contributed by atoms with Crippen LogP contribution in [0.1, 0.15) is 42.3 Å². The van der Waals surface area contributed by atoms with Gasteiger partial charge in [-0.25, -0.2) is 9.18 Å². The van der Waals surface area contributed by atoms with Crippen LogP contribution >= 0.6 is 0 Å². The molecule has 2 atom stereocenters. The summed E-state index contributed by atoms with van der Waals surface area (Å²) in [7, 11) is 0. The minimum atomic E-state index is -0.723.